The molecular weight excluding hydrogens is 254 g/mol. The highest BCUT2D eigenvalue weighted by atomic mass is 16.6. The number of hydrogen-bond donors (Lipinski definition) is 2. The number of ether oxygens (including phenoxy) is 1. The van der Waals surface area contributed by atoms with E-state index in [-0.39, 0.29) is 12.0 Å². The molecule has 0 aromatic heterocycles. The molecule has 2 N–H and O–H groups in total. The minimum Gasteiger partial charge on any atom is -0.444 e. The van der Waals surface area contributed by atoms with E-state index in [1.165, 1.54) is 0 Å². The number of amides is 1. The van der Waals surface area contributed by atoms with E-state index in [9.17, 15) is 9.90 Å². The van der Waals surface area contributed by atoms with Crippen LogP contribution in [0.4, 0.5) is 4.79 Å². The van der Waals surface area contributed by atoms with Gasteiger partial charge in [-0.2, -0.15) is 0 Å². The third-order valence-corrected chi connectivity index (χ3v) is 3.00. The van der Waals surface area contributed by atoms with Gasteiger partial charge in [0.25, 0.3) is 0 Å². The Bertz CT molecular complexity index is 318. The van der Waals surface area contributed by atoms with Crippen molar-refractivity contribution in [3.63, 3.8) is 0 Å². The Morgan fingerprint density at radius 3 is 2.20 bits per heavy atom. The summed E-state index contributed by atoms with van der Waals surface area (Å²) in [5.74, 6) is 0.526. The van der Waals surface area contributed by atoms with Crippen LogP contribution in [0.15, 0.2) is 12.2 Å². The highest BCUT2D eigenvalue weighted by Crippen LogP contribution is 2.15. The smallest absolute Gasteiger partial charge is 0.407 e. The van der Waals surface area contributed by atoms with Crippen molar-refractivity contribution in [2.24, 2.45) is 11.8 Å². The fourth-order valence-electron chi connectivity index (χ4n) is 1.72. The average Bonchev–Trinajstić information content (AvgIpc) is 2.29. The van der Waals surface area contributed by atoms with Gasteiger partial charge in [0, 0.05) is 0 Å². The van der Waals surface area contributed by atoms with Crippen LogP contribution in [0.1, 0.15) is 54.9 Å². The van der Waals surface area contributed by atoms with Crippen molar-refractivity contribution < 1.29 is 14.6 Å². The van der Waals surface area contributed by atoms with E-state index in [1.54, 1.807) is 6.08 Å². The third-order valence-electron chi connectivity index (χ3n) is 3.00. The van der Waals surface area contributed by atoms with Gasteiger partial charge in [0.05, 0.1) is 12.1 Å². The predicted octanol–water partition coefficient (Wildman–Crippen LogP) is 3.50. The van der Waals surface area contributed by atoms with Gasteiger partial charge in [0.15, 0.2) is 0 Å². The largest absolute Gasteiger partial charge is 0.444 e. The lowest BCUT2D eigenvalue weighted by atomic mass is 9.93. The Kier molecular flexibility index (Phi) is 7.87. The molecular formula is C16H31NO3. The van der Waals surface area contributed by atoms with Gasteiger partial charge in [0.1, 0.15) is 5.60 Å². The third kappa shape index (κ3) is 8.20. The molecule has 0 aromatic rings. The summed E-state index contributed by atoms with van der Waals surface area (Å²) in [6, 6.07) is -0.343. The molecule has 0 fully saturated rings. The molecule has 0 aliphatic heterocycles. The molecule has 0 bridgehead atoms. The molecule has 3 atom stereocenters. The molecule has 0 spiro atoms. The average molecular weight is 285 g/mol. The lowest BCUT2D eigenvalue weighted by Gasteiger charge is -2.29. The fraction of sp³-hybridized carbons (Fsp3) is 0.812. The van der Waals surface area contributed by atoms with E-state index in [2.05, 4.69) is 5.32 Å². The second kappa shape index (κ2) is 8.30. The maximum Gasteiger partial charge on any atom is 0.407 e. The summed E-state index contributed by atoms with van der Waals surface area (Å²) in [6.07, 6.45) is 3.36. The molecule has 1 unspecified atom stereocenters. The van der Waals surface area contributed by atoms with E-state index in [4.69, 9.17) is 4.74 Å². The molecule has 4 heteroatoms. The van der Waals surface area contributed by atoms with Crippen molar-refractivity contribution in [1.82, 2.24) is 5.32 Å². The van der Waals surface area contributed by atoms with Gasteiger partial charge in [-0.15, -0.1) is 0 Å². The summed E-state index contributed by atoms with van der Waals surface area (Å²) in [6.45, 7) is 13.6. The van der Waals surface area contributed by atoms with Crippen molar-refractivity contribution in [2.45, 2.75) is 72.6 Å². The Labute approximate surface area is 123 Å². The van der Waals surface area contributed by atoms with Crippen molar-refractivity contribution in [2.75, 3.05) is 0 Å². The first-order valence-corrected chi connectivity index (χ1v) is 7.42. The first kappa shape index (κ1) is 19.0. The molecule has 1 amide bonds. The minimum atomic E-state index is -0.708. The Morgan fingerprint density at radius 1 is 1.25 bits per heavy atom. The maximum absolute atomic E-state index is 11.9. The Hall–Kier alpha value is -1.03. The zero-order chi connectivity index (χ0) is 15.9. The van der Waals surface area contributed by atoms with Gasteiger partial charge in [-0.25, -0.2) is 4.79 Å². The second-order valence-corrected chi connectivity index (χ2v) is 6.68. The van der Waals surface area contributed by atoms with Crippen LogP contribution in [0.25, 0.3) is 0 Å². The molecule has 0 saturated heterocycles. The molecule has 0 rings (SSSR count). The molecule has 0 radical (unpaired) electrons. The fourth-order valence-corrected chi connectivity index (χ4v) is 1.72. The van der Waals surface area contributed by atoms with Crippen LogP contribution in [0, 0.1) is 11.8 Å². The molecule has 118 valence electrons. The van der Waals surface area contributed by atoms with Crippen molar-refractivity contribution in [3.8, 4) is 0 Å². The predicted molar refractivity (Wildman–Crippen MR) is 82.6 cm³/mol. The van der Waals surface area contributed by atoms with Gasteiger partial charge in [0.2, 0.25) is 0 Å². The Morgan fingerprint density at radius 2 is 1.80 bits per heavy atom. The van der Waals surface area contributed by atoms with Crippen molar-refractivity contribution in [3.05, 3.63) is 12.2 Å². The van der Waals surface area contributed by atoms with Crippen LogP contribution in [0.2, 0.25) is 0 Å². The van der Waals surface area contributed by atoms with Crippen molar-refractivity contribution >= 4 is 6.09 Å². The number of carbonyl (C=O) groups excluding carboxylic acids is 1. The zero-order valence-corrected chi connectivity index (χ0v) is 13.9. The van der Waals surface area contributed by atoms with Gasteiger partial charge >= 0.3 is 6.09 Å². The monoisotopic (exact) mass is 285 g/mol. The molecule has 0 aromatic carbocycles. The topological polar surface area (TPSA) is 58.6 Å². The zero-order valence-electron chi connectivity index (χ0n) is 13.9. The van der Waals surface area contributed by atoms with E-state index in [1.807, 2.05) is 54.5 Å². The van der Waals surface area contributed by atoms with Crippen molar-refractivity contribution in [1.29, 1.82) is 0 Å². The number of nitrogens with one attached hydrogen (secondary N) is 1. The first-order chi connectivity index (χ1) is 9.06. The summed E-state index contributed by atoms with van der Waals surface area (Å²) < 4.78 is 5.25. The number of alkyl carbamates (subject to hydrolysis) is 1. The van der Waals surface area contributed by atoms with Crippen LogP contribution < -0.4 is 5.32 Å². The molecule has 4 nitrogen and oxygen atoms in total. The minimum absolute atomic E-state index is 0.161. The second-order valence-electron chi connectivity index (χ2n) is 6.68. The van der Waals surface area contributed by atoms with E-state index < -0.39 is 17.8 Å². The number of aliphatic hydroxyl groups is 1. The van der Waals surface area contributed by atoms with E-state index >= 15 is 0 Å². The normalized spacial score (nSPS) is 17.1. The molecule has 0 aliphatic rings. The summed E-state index contributed by atoms with van der Waals surface area (Å²) in [5.41, 5.74) is -0.539. The van der Waals surface area contributed by atoms with Gasteiger partial charge in [-0.3, -0.25) is 0 Å². The van der Waals surface area contributed by atoms with Crippen LogP contribution in [0.5, 0.6) is 0 Å². The van der Waals surface area contributed by atoms with Gasteiger partial charge < -0.3 is 15.2 Å². The lowest BCUT2D eigenvalue weighted by molar-refractivity contribution is 0.0414. The summed E-state index contributed by atoms with van der Waals surface area (Å²) in [4.78, 5) is 11.9. The molecule has 0 heterocycles. The summed E-state index contributed by atoms with van der Waals surface area (Å²) in [5, 5.41) is 13.0. The number of rotatable bonds is 6. The number of allylic oxidation sites excluding steroid dienone is 1. The lowest BCUT2D eigenvalue weighted by Crippen LogP contribution is -2.48. The van der Waals surface area contributed by atoms with Crippen LogP contribution in [-0.2, 0) is 4.74 Å². The SMILES string of the molecule is CCC(C)[C@H](NC(=O)OC(C)(C)C)[C@H](O)/C=C/C(C)C. The van der Waals surface area contributed by atoms with Crippen LogP contribution in [0.3, 0.4) is 0 Å². The van der Waals surface area contributed by atoms with E-state index in [0.29, 0.717) is 5.92 Å². The first-order valence-electron chi connectivity index (χ1n) is 7.42. The number of aliphatic hydroxyl groups excluding tert-OH is 1. The highest BCUT2D eigenvalue weighted by molar-refractivity contribution is 5.68. The summed E-state index contributed by atoms with van der Waals surface area (Å²) in [7, 11) is 0. The van der Waals surface area contributed by atoms with Gasteiger partial charge in [-0.05, 0) is 32.6 Å². The summed E-state index contributed by atoms with van der Waals surface area (Å²) >= 11 is 0. The Balaban J connectivity index is 4.77. The maximum atomic E-state index is 11.9. The molecule has 0 aliphatic carbocycles. The quantitative estimate of drug-likeness (QED) is 0.734. The number of carbonyl (C=O) groups is 1. The number of hydrogen-bond acceptors (Lipinski definition) is 3. The molecule has 20 heavy (non-hydrogen) atoms. The highest BCUT2D eigenvalue weighted by Gasteiger charge is 2.26. The van der Waals surface area contributed by atoms with Crippen LogP contribution in [-0.4, -0.2) is 28.9 Å². The van der Waals surface area contributed by atoms with Gasteiger partial charge in [-0.1, -0.05) is 46.3 Å². The van der Waals surface area contributed by atoms with Crippen LogP contribution >= 0.6 is 0 Å². The van der Waals surface area contributed by atoms with E-state index in [0.717, 1.165) is 6.42 Å². The standard InChI is InChI=1S/C16H31NO3/c1-8-12(4)14(13(18)10-9-11(2)3)17-15(19)20-16(5,6)7/h9-14,18H,8H2,1-7H3,(H,17,19)/b10-9+/t12?,13-,14+/m1/s1. The molecule has 0 saturated carbocycles.